The fraction of sp³-hybridized carbons (Fsp3) is 0.280. The van der Waals surface area contributed by atoms with Gasteiger partial charge in [-0.15, -0.1) is 0 Å². The topological polar surface area (TPSA) is 75.6 Å². The van der Waals surface area contributed by atoms with Crippen molar-refractivity contribution in [3.63, 3.8) is 0 Å². The second kappa shape index (κ2) is 7.85. The zero-order chi connectivity index (χ0) is 23.3. The molecule has 2 aromatic heterocycles. The summed E-state index contributed by atoms with van der Waals surface area (Å²) in [6.45, 7) is 6.82. The summed E-state index contributed by atoms with van der Waals surface area (Å²) in [4.78, 5) is 37.7. The first-order chi connectivity index (χ1) is 15.8. The summed E-state index contributed by atoms with van der Waals surface area (Å²) in [5, 5.41) is 0.595. The largest absolute Gasteiger partial charge is 0.485 e. The van der Waals surface area contributed by atoms with Crippen LogP contribution in [0.15, 0.2) is 55.1 Å². The van der Waals surface area contributed by atoms with Gasteiger partial charge in [0.1, 0.15) is 11.9 Å². The summed E-state index contributed by atoms with van der Waals surface area (Å²) in [5.41, 5.74) is 3.08. The van der Waals surface area contributed by atoms with Crippen molar-refractivity contribution in [2.75, 3.05) is 18.0 Å². The molecule has 0 saturated carbocycles. The highest BCUT2D eigenvalue weighted by atomic mass is 35.5. The molecule has 33 heavy (non-hydrogen) atoms. The Bertz CT molecular complexity index is 1270. The number of fused-ring (bicyclic) bond motifs is 1. The molecule has 3 aromatic rings. The highest BCUT2D eigenvalue weighted by Gasteiger charge is 2.44. The SMILES string of the molecule is Cc1ccncc1C(=O)N1CC(Oc2cncc(N3C(=O)c4ccc(Cl)cc4C3(C)C)c2)C1. The molecule has 7 nitrogen and oxygen atoms in total. The highest BCUT2D eigenvalue weighted by molar-refractivity contribution is 6.31. The molecule has 168 valence electrons. The monoisotopic (exact) mass is 462 g/mol. The third kappa shape index (κ3) is 3.62. The third-order valence-electron chi connectivity index (χ3n) is 6.30. The van der Waals surface area contributed by atoms with Crippen LogP contribution in [0, 0.1) is 6.92 Å². The Hall–Kier alpha value is -3.45. The average molecular weight is 463 g/mol. The standard InChI is InChI=1S/C25H23ClN4O3/c1-15-6-7-27-12-21(15)23(31)29-13-19(14-29)33-18-9-17(10-28-11-18)30-24(32)20-5-4-16(26)8-22(20)25(30,2)3/h4-12,19H,13-14H2,1-3H3. The van der Waals surface area contributed by atoms with Gasteiger partial charge in [0, 0.05) is 29.0 Å². The number of aromatic nitrogens is 2. The molecule has 0 spiro atoms. The van der Waals surface area contributed by atoms with Gasteiger partial charge >= 0.3 is 0 Å². The van der Waals surface area contributed by atoms with Crippen molar-refractivity contribution in [1.82, 2.24) is 14.9 Å². The summed E-state index contributed by atoms with van der Waals surface area (Å²) in [7, 11) is 0. The van der Waals surface area contributed by atoms with E-state index >= 15 is 0 Å². The van der Waals surface area contributed by atoms with E-state index in [4.69, 9.17) is 16.3 Å². The summed E-state index contributed by atoms with van der Waals surface area (Å²) >= 11 is 6.19. The molecule has 0 N–H and O–H groups in total. The van der Waals surface area contributed by atoms with Crippen LogP contribution in [0.1, 0.15) is 45.7 Å². The second-order valence-electron chi connectivity index (χ2n) is 8.91. The minimum Gasteiger partial charge on any atom is -0.485 e. The molecule has 5 rings (SSSR count). The van der Waals surface area contributed by atoms with Crippen molar-refractivity contribution >= 4 is 29.1 Å². The molecule has 0 radical (unpaired) electrons. The van der Waals surface area contributed by atoms with Crippen LogP contribution in [0.25, 0.3) is 0 Å². The van der Waals surface area contributed by atoms with E-state index in [9.17, 15) is 9.59 Å². The minimum absolute atomic E-state index is 0.0480. The van der Waals surface area contributed by atoms with Crippen LogP contribution in [-0.4, -0.2) is 45.9 Å². The zero-order valence-corrected chi connectivity index (χ0v) is 19.3. The Labute approximate surface area is 197 Å². The van der Waals surface area contributed by atoms with E-state index in [0.717, 1.165) is 11.1 Å². The van der Waals surface area contributed by atoms with Gasteiger partial charge in [-0.25, -0.2) is 0 Å². The number of likely N-dealkylation sites (tertiary alicyclic amines) is 1. The molecule has 1 aromatic carbocycles. The lowest BCUT2D eigenvalue weighted by molar-refractivity contribution is 0.0175. The lowest BCUT2D eigenvalue weighted by Crippen LogP contribution is -2.56. The molecule has 2 amide bonds. The highest BCUT2D eigenvalue weighted by Crippen LogP contribution is 2.43. The number of pyridine rings is 2. The summed E-state index contributed by atoms with van der Waals surface area (Å²) in [6.07, 6.45) is 6.41. The van der Waals surface area contributed by atoms with Crippen molar-refractivity contribution in [2.24, 2.45) is 0 Å². The quantitative estimate of drug-likeness (QED) is 0.579. The minimum atomic E-state index is -0.584. The second-order valence-corrected chi connectivity index (χ2v) is 9.35. The van der Waals surface area contributed by atoms with Gasteiger partial charge in [0.05, 0.1) is 42.3 Å². The maximum Gasteiger partial charge on any atom is 0.259 e. The van der Waals surface area contributed by atoms with Gasteiger partial charge in [-0.2, -0.15) is 0 Å². The average Bonchev–Trinajstić information content (AvgIpc) is 2.95. The maximum absolute atomic E-state index is 13.2. The number of halogens is 1. The number of nitrogens with zero attached hydrogens (tertiary/aromatic N) is 4. The maximum atomic E-state index is 13.2. The van der Waals surface area contributed by atoms with Gasteiger partial charge in [0.25, 0.3) is 11.8 Å². The molecule has 0 unspecified atom stereocenters. The van der Waals surface area contributed by atoms with Crippen LogP contribution < -0.4 is 9.64 Å². The van der Waals surface area contributed by atoms with E-state index in [1.54, 1.807) is 46.7 Å². The molecule has 1 saturated heterocycles. The van der Waals surface area contributed by atoms with Crippen molar-refractivity contribution in [1.29, 1.82) is 0 Å². The van der Waals surface area contributed by atoms with Crippen LogP contribution in [-0.2, 0) is 5.54 Å². The Morgan fingerprint density at radius 2 is 1.91 bits per heavy atom. The fourth-order valence-corrected chi connectivity index (χ4v) is 4.64. The van der Waals surface area contributed by atoms with E-state index in [1.165, 1.54) is 0 Å². The number of hydrogen-bond donors (Lipinski definition) is 0. The number of benzene rings is 1. The number of carbonyl (C=O) groups is 2. The van der Waals surface area contributed by atoms with Gasteiger partial charge in [-0.1, -0.05) is 11.6 Å². The molecule has 2 aliphatic rings. The Balaban J connectivity index is 1.30. The molecule has 0 bridgehead atoms. The Morgan fingerprint density at radius 1 is 1.12 bits per heavy atom. The first-order valence-corrected chi connectivity index (χ1v) is 11.1. The van der Waals surface area contributed by atoms with Gasteiger partial charge in [0.15, 0.2) is 0 Å². The lowest BCUT2D eigenvalue weighted by Gasteiger charge is -2.39. The van der Waals surface area contributed by atoms with E-state index in [0.29, 0.717) is 40.7 Å². The molecule has 1 fully saturated rings. The van der Waals surface area contributed by atoms with Crippen molar-refractivity contribution in [3.05, 3.63) is 82.4 Å². The number of aryl methyl sites for hydroxylation is 1. The first kappa shape index (κ1) is 21.4. The van der Waals surface area contributed by atoms with Crippen LogP contribution in [0.3, 0.4) is 0 Å². The number of amides is 2. The van der Waals surface area contributed by atoms with Gasteiger partial charge in [-0.05, 0) is 56.2 Å². The zero-order valence-electron chi connectivity index (χ0n) is 18.6. The summed E-state index contributed by atoms with van der Waals surface area (Å²) < 4.78 is 6.07. The smallest absolute Gasteiger partial charge is 0.259 e. The third-order valence-corrected chi connectivity index (χ3v) is 6.53. The molecule has 2 aliphatic heterocycles. The van der Waals surface area contributed by atoms with Gasteiger partial charge in [-0.3, -0.25) is 24.5 Å². The molecule has 8 heteroatoms. The first-order valence-electron chi connectivity index (χ1n) is 10.7. The van der Waals surface area contributed by atoms with Crippen LogP contribution in [0.5, 0.6) is 5.75 Å². The predicted molar refractivity (Wildman–Crippen MR) is 125 cm³/mol. The Kier molecular flexibility index (Phi) is 5.09. The molecule has 0 aliphatic carbocycles. The number of rotatable bonds is 4. The van der Waals surface area contributed by atoms with Crippen molar-refractivity contribution < 1.29 is 14.3 Å². The summed E-state index contributed by atoms with van der Waals surface area (Å²) in [5.74, 6) is 0.408. The van der Waals surface area contributed by atoms with E-state index in [-0.39, 0.29) is 17.9 Å². The molecule has 4 heterocycles. The Morgan fingerprint density at radius 3 is 2.67 bits per heavy atom. The molecule has 0 atom stereocenters. The normalized spacial score (nSPS) is 17.0. The van der Waals surface area contributed by atoms with Crippen LogP contribution >= 0.6 is 11.6 Å². The number of carbonyl (C=O) groups excluding carboxylic acids is 2. The van der Waals surface area contributed by atoms with Crippen molar-refractivity contribution in [3.8, 4) is 5.75 Å². The lowest BCUT2D eigenvalue weighted by atomic mass is 9.93. The van der Waals surface area contributed by atoms with E-state index in [2.05, 4.69) is 9.97 Å². The van der Waals surface area contributed by atoms with Crippen molar-refractivity contribution in [2.45, 2.75) is 32.4 Å². The van der Waals surface area contributed by atoms with Gasteiger partial charge in [0.2, 0.25) is 0 Å². The summed E-state index contributed by atoms with van der Waals surface area (Å²) in [6, 6.07) is 8.97. The molecular weight excluding hydrogens is 440 g/mol. The number of ether oxygens (including phenoxy) is 1. The van der Waals surface area contributed by atoms with Gasteiger partial charge < -0.3 is 9.64 Å². The van der Waals surface area contributed by atoms with Crippen LogP contribution in [0.2, 0.25) is 5.02 Å². The van der Waals surface area contributed by atoms with E-state index < -0.39 is 5.54 Å². The predicted octanol–water partition coefficient (Wildman–Crippen LogP) is 4.24. The molecular formula is C25H23ClN4O3. The number of anilines is 1. The van der Waals surface area contributed by atoms with Crippen LogP contribution in [0.4, 0.5) is 5.69 Å². The fourth-order valence-electron chi connectivity index (χ4n) is 4.47. The van der Waals surface area contributed by atoms with E-state index in [1.807, 2.05) is 39.0 Å². The number of hydrogen-bond acceptors (Lipinski definition) is 5.